The van der Waals surface area contributed by atoms with Crippen LogP contribution in [0.2, 0.25) is 0 Å². The Labute approximate surface area is 74.2 Å². The van der Waals surface area contributed by atoms with E-state index in [1.807, 2.05) is 0 Å². The summed E-state index contributed by atoms with van der Waals surface area (Å²) in [6, 6.07) is 6.83. The third-order valence-electron chi connectivity index (χ3n) is 1.94. The van der Waals surface area contributed by atoms with Gasteiger partial charge >= 0.3 is 0 Å². The van der Waals surface area contributed by atoms with Crippen LogP contribution in [0.4, 0.5) is 0 Å². The first-order chi connectivity index (χ1) is 6.20. The average Bonchev–Trinajstić information content (AvgIpc) is 2.15. The van der Waals surface area contributed by atoms with Crippen molar-refractivity contribution in [3.8, 4) is 5.75 Å². The van der Waals surface area contributed by atoms with E-state index in [9.17, 15) is 9.90 Å². The molecule has 0 aliphatic rings. The highest BCUT2D eigenvalue weighted by molar-refractivity contribution is 5.77. The van der Waals surface area contributed by atoms with Crippen LogP contribution in [0.3, 0.4) is 0 Å². The molecular formula is C10H8O3. The molecule has 0 fully saturated rings. The van der Waals surface area contributed by atoms with Crippen LogP contribution in [-0.2, 0) is 0 Å². The molecule has 0 saturated heterocycles. The molecule has 0 bridgehead atoms. The normalized spacial score (nSPS) is 10.5. The monoisotopic (exact) mass is 176 g/mol. The Bertz CT molecular complexity index is 511. The number of hydrogen-bond donors (Lipinski definition) is 1. The number of aryl methyl sites for hydroxylation is 1. The Morgan fingerprint density at radius 2 is 2.00 bits per heavy atom. The van der Waals surface area contributed by atoms with Crippen LogP contribution in [-0.4, -0.2) is 5.11 Å². The standard InChI is InChI=1S/C10H8O3/c1-6-9(11)10(12)7-4-2-3-5-8(7)13-6/h2-5,11H,1H3. The lowest BCUT2D eigenvalue weighted by Gasteiger charge is -1.99. The minimum absolute atomic E-state index is 0.253. The van der Waals surface area contributed by atoms with Crippen molar-refractivity contribution < 1.29 is 9.52 Å². The van der Waals surface area contributed by atoms with Gasteiger partial charge in [0, 0.05) is 0 Å². The summed E-state index contributed by atoms with van der Waals surface area (Å²) in [5.74, 6) is -0.0533. The molecule has 1 N–H and O–H groups in total. The molecule has 0 amide bonds. The van der Waals surface area contributed by atoms with E-state index in [4.69, 9.17) is 4.42 Å². The van der Waals surface area contributed by atoms with Crippen molar-refractivity contribution in [1.29, 1.82) is 0 Å². The van der Waals surface area contributed by atoms with Gasteiger partial charge in [-0.25, -0.2) is 0 Å². The van der Waals surface area contributed by atoms with Crippen LogP contribution in [0, 0.1) is 6.92 Å². The summed E-state index contributed by atoms with van der Waals surface area (Å²) in [6.45, 7) is 1.56. The van der Waals surface area contributed by atoms with Gasteiger partial charge in [0.1, 0.15) is 11.3 Å². The fraction of sp³-hybridized carbons (Fsp3) is 0.100. The van der Waals surface area contributed by atoms with Gasteiger partial charge in [-0.3, -0.25) is 4.79 Å². The van der Waals surface area contributed by atoms with E-state index in [1.165, 1.54) is 0 Å². The fourth-order valence-corrected chi connectivity index (χ4v) is 1.24. The summed E-state index contributed by atoms with van der Waals surface area (Å²) in [6.07, 6.45) is 0. The van der Waals surface area contributed by atoms with Gasteiger partial charge in [-0.2, -0.15) is 0 Å². The van der Waals surface area contributed by atoms with Gasteiger partial charge in [0.2, 0.25) is 11.2 Å². The molecule has 0 aliphatic carbocycles. The maximum atomic E-state index is 11.4. The smallest absolute Gasteiger partial charge is 0.234 e. The second kappa shape index (κ2) is 2.62. The zero-order valence-electron chi connectivity index (χ0n) is 7.07. The highest BCUT2D eigenvalue weighted by Gasteiger charge is 2.08. The van der Waals surface area contributed by atoms with Gasteiger partial charge in [0.05, 0.1) is 5.39 Å². The Morgan fingerprint density at radius 1 is 1.31 bits per heavy atom. The van der Waals surface area contributed by atoms with Crippen molar-refractivity contribution in [2.45, 2.75) is 6.92 Å². The zero-order chi connectivity index (χ0) is 9.42. The van der Waals surface area contributed by atoms with Gasteiger partial charge in [0.25, 0.3) is 0 Å². The van der Waals surface area contributed by atoms with Gasteiger partial charge in [0.15, 0.2) is 0 Å². The minimum atomic E-state index is -0.376. The minimum Gasteiger partial charge on any atom is -0.502 e. The third-order valence-corrected chi connectivity index (χ3v) is 1.94. The molecule has 3 heteroatoms. The number of fused-ring (bicyclic) bond motifs is 1. The largest absolute Gasteiger partial charge is 0.502 e. The van der Waals surface area contributed by atoms with Crippen LogP contribution >= 0.6 is 0 Å². The molecule has 0 atom stereocenters. The average molecular weight is 176 g/mol. The van der Waals surface area contributed by atoms with E-state index < -0.39 is 0 Å². The van der Waals surface area contributed by atoms with Crippen LogP contribution in [0.25, 0.3) is 11.0 Å². The van der Waals surface area contributed by atoms with Crippen LogP contribution in [0.15, 0.2) is 33.5 Å². The van der Waals surface area contributed by atoms with E-state index in [2.05, 4.69) is 0 Å². The van der Waals surface area contributed by atoms with E-state index in [-0.39, 0.29) is 16.9 Å². The quantitative estimate of drug-likeness (QED) is 0.665. The topological polar surface area (TPSA) is 50.4 Å². The van der Waals surface area contributed by atoms with Crippen LogP contribution in [0.5, 0.6) is 5.75 Å². The number of rotatable bonds is 0. The lowest BCUT2D eigenvalue weighted by molar-refractivity contribution is 0.427. The number of hydrogen-bond acceptors (Lipinski definition) is 3. The van der Waals surface area contributed by atoms with Crippen molar-refractivity contribution in [3.05, 3.63) is 40.2 Å². The lowest BCUT2D eigenvalue weighted by Crippen LogP contribution is -2.01. The molecule has 2 aromatic rings. The molecule has 0 unspecified atom stereocenters. The molecule has 0 spiro atoms. The summed E-state index contributed by atoms with van der Waals surface area (Å²) in [5, 5.41) is 9.71. The molecular weight excluding hydrogens is 168 g/mol. The van der Waals surface area contributed by atoms with Crippen LogP contribution < -0.4 is 5.43 Å². The van der Waals surface area contributed by atoms with Gasteiger partial charge in [-0.15, -0.1) is 0 Å². The second-order valence-electron chi connectivity index (χ2n) is 2.83. The number of para-hydroxylation sites is 1. The lowest BCUT2D eigenvalue weighted by atomic mass is 10.2. The molecule has 1 heterocycles. The molecule has 1 aromatic heterocycles. The molecule has 0 radical (unpaired) electrons. The van der Waals surface area contributed by atoms with Crippen LogP contribution in [0.1, 0.15) is 5.76 Å². The van der Waals surface area contributed by atoms with E-state index in [0.29, 0.717) is 11.0 Å². The van der Waals surface area contributed by atoms with Crippen molar-refractivity contribution in [3.63, 3.8) is 0 Å². The third kappa shape index (κ3) is 1.09. The molecule has 1 aromatic carbocycles. The summed E-state index contributed by atoms with van der Waals surface area (Å²) >= 11 is 0. The van der Waals surface area contributed by atoms with Crippen molar-refractivity contribution in [2.24, 2.45) is 0 Å². The first-order valence-electron chi connectivity index (χ1n) is 3.91. The summed E-state index contributed by atoms with van der Waals surface area (Å²) in [5.41, 5.74) is 0.127. The van der Waals surface area contributed by atoms with E-state index >= 15 is 0 Å². The summed E-state index contributed by atoms with van der Waals surface area (Å²) < 4.78 is 5.22. The molecule has 2 rings (SSSR count). The summed E-state index contributed by atoms with van der Waals surface area (Å²) in [4.78, 5) is 11.4. The zero-order valence-corrected chi connectivity index (χ0v) is 7.07. The Morgan fingerprint density at radius 3 is 2.77 bits per heavy atom. The molecule has 13 heavy (non-hydrogen) atoms. The molecule has 3 nitrogen and oxygen atoms in total. The molecule has 0 saturated carbocycles. The van der Waals surface area contributed by atoms with E-state index in [0.717, 1.165) is 0 Å². The number of benzene rings is 1. The van der Waals surface area contributed by atoms with Crippen molar-refractivity contribution in [2.75, 3.05) is 0 Å². The molecule has 0 aliphatic heterocycles. The van der Waals surface area contributed by atoms with Crippen molar-refractivity contribution in [1.82, 2.24) is 0 Å². The van der Waals surface area contributed by atoms with Gasteiger partial charge in [-0.1, -0.05) is 12.1 Å². The number of aromatic hydroxyl groups is 1. The van der Waals surface area contributed by atoms with Gasteiger partial charge in [-0.05, 0) is 19.1 Å². The van der Waals surface area contributed by atoms with Gasteiger partial charge < -0.3 is 9.52 Å². The Hall–Kier alpha value is -1.77. The summed E-state index contributed by atoms with van der Waals surface area (Å²) in [7, 11) is 0. The molecule has 66 valence electrons. The Balaban J connectivity index is 3.03. The predicted octanol–water partition coefficient (Wildman–Crippen LogP) is 1.81. The highest BCUT2D eigenvalue weighted by Crippen LogP contribution is 2.17. The van der Waals surface area contributed by atoms with E-state index in [1.54, 1.807) is 31.2 Å². The Kier molecular flexibility index (Phi) is 1.59. The second-order valence-corrected chi connectivity index (χ2v) is 2.83. The van der Waals surface area contributed by atoms with Crippen molar-refractivity contribution >= 4 is 11.0 Å². The first kappa shape index (κ1) is 7.86. The maximum Gasteiger partial charge on any atom is 0.234 e. The fourth-order valence-electron chi connectivity index (χ4n) is 1.24. The predicted molar refractivity (Wildman–Crippen MR) is 48.9 cm³/mol. The highest BCUT2D eigenvalue weighted by atomic mass is 16.4. The maximum absolute atomic E-state index is 11.4. The SMILES string of the molecule is Cc1oc2ccccc2c(=O)c1O. The first-order valence-corrected chi connectivity index (χ1v) is 3.91.